The van der Waals surface area contributed by atoms with Crippen LogP contribution in [0.1, 0.15) is 0 Å². The van der Waals surface area contributed by atoms with Crippen LogP contribution in [-0.2, 0) is 4.79 Å². The number of carbonyl (C=O) groups is 1. The van der Waals surface area contributed by atoms with Crippen molar-refractivity contribution in [2.45, 2.75) is 4.08 Å². The minimum absolute atomic E-state index is 0.0649. The first kappa shape index (κ1) is 11.5. The van der Waals surface area contributed by atoms with Crippen LogP contribution in [0.4, 0.5) is 0 Å². The monoisotopic (exact) mass is 214 g/mol. The molecule has 0 saturated carbocycles. The number of carboxylic acid groups (broad SMARTS) is 1. The van der Waals surface area contributed by atoms with Crippen LogP contribution in [0, 0.1) is 0 Å². The molecule has 0 radical (unpaired) electrons. The minimum atomic E-state index is -0.913. The Kier molecular flexibility index (Phi) is 5.41. The van der Waals surface area contributed by atoms with Crippen molar-refractivity contribution in [1.29, 1.82) is 0 Å². The van der Waals surface area contributed by atoms with Crippen LogP contribution in [-0.4, -0.2) is 38.4 Å². The van der Waals surface area contributed by atoms with Crippen molar-refractivity contribution >= 4 is 43.0 Å². The van der Waals surface area contributed by atoms with Crippen molar-refractivity contribution in [1.82, 2.24) is 0 Å². The summed E-state index contributed by atoms with van der Waals surface area (Å²) in [4.78, 5) is 10.1. The largest absolute Gasteiger partial charge is 0.481 e. The van der Waals surface area contributed by atoms with Crippen LogP contribution in [0.2, 0.25) is 0 Å². The van der Waals surface area contributed by atoms with Gasteiger partial charge in [0.2, 0.25) is 0 Å². The van der Waals surface area contributed by atoms with Gasteiger partial charge in [0.1, 0.15) is 0 Å². The average Bonchev–Trinajstić information content (AvgIpc) is 2.00. The molecule has 1 unspecified atom stereocenters. The lowest BCUT2D eigenvalue weighted by atomic mass is 10.5. The Balaban J connectivity index is 3.78. The quantitative estimate of drug-likeness (QED) is 0.394. The van der Waals surface area contributed by atoms with Crippen LogP contribution in [0.3, 0.4) is 0 Å². The second kappa shape index (κ2) is 5.18. The molecule has 3 nitrogen and oxygen atoms in total. The normalized spacial score (nSPS) is 15.9. The predicted molar refractivity (Wildman–Crippen MR) is 52.7 cm³/mol. The summed E-state index contributed by atoms with van der Waals surface area (Å²) in [5, 5.41) is 17.1. The van der Waals surface area contributed by atoms with E-state index in [0.717, 1.165) is 11.8 Å². The van der Waals surface area contributed by atoms with Crippen LogP contribution >= 0.6 is 37.0 Å². The summed E-state index contributed by atoms with van der Waals surface area (Å²) in [6.07, 6.45) is 0. The van der Waals surface area contributed by atoms with Gasteiger partial charge in [-0.05, 0) is 0 Å². The summed E-state index contributed by atoms with van der Waals surface area (Å²) in [6.45, 7) is -0.183. The Bertz CT molecular complexity index is 135. The molecule has 11 heavy (non-hydrogen) atoms. The molecule has 66 valence electrons. The number of thioether (sulfide) groups is 1. The Morgan fingerprint density at radius 3 is 2.45 bits per heavy atom. The highest BCUT2D eigenvalue weighted by Gasteiger charge is 2.24. The molecule has 0 spiro atoms. The molecule has 0 aromatic carbocycles. The summed E-state index contributed by atoms with van der Waals surface area (Å²) in [7, 11) is 0. The zero-order valence-corrected chi connectivity index (χ0v) is 8.33. The third-order valence-corrected chi connectivity index (χ3v) is 3.85. The van der Waals surface area contributed by atoms with E-state index in [4.69, 9.17) is 10.2 Å². The van der Waals surface area contributed by atoms with Gasteiger partial charge in [-0.2, -0.15) is 25.3 Å². The van der Waals surface area contributed by atoms with Gasteiger partial charge >= 0.3 is 5.97 Å². The van der Waals surface area contributed by atoms with Crippen LogP contribution in [0.25, 0.3) is 0 Å². The molecule has 2 N–H and O–H groups in total. The molecule has 0 amide bonds. The van der Waals surface area contributed by atoms with E-state index in [9.17, 15) is 4.79 Å². The van der Waals surface area contributed by atoms with Gasteiger partial charge in [0.25, 0.3) is 0 Å². The summed E-state index contributed by atoms with van der Waals surface area (Å²) in [5.41, 5.74) is 0. The Morgan fingerprint density at radius 2 is 2.18 bits per heavy atom. The molecular formula is C5H10O3S3. The maximum Gasteiger partial charge on any atom is 0.313 e. The molecule has 6 heteroatoms. The fourth-order valence-electron chi connectivity index (χ4n) is 0.337. The summed E-state index contributed by atoms with van der Waals surface area (Å²) in [6, 6.07) is 0. The van der Waals surface area contributed by atoms with E-state index >= 15 is 0 Å². The summed E-state index contributed by atoms with van der Waals surface area (Å²) >= 11 is 9.07. The van der Waals surface area contributed by atoms with Gasteiger partial charge in [-0.25, -0.2) is 0 Å². The van der Waals surface area contributed by atoms with E-state index in [-0.39, 0.29) is 12.4 Å². The number of aliphatic carboxylic acids is 1. The maximum absolute atomic E-state index is 10.1. The van der Waals surface area contributed by atoms with Gasteiger partial charge in [0, 0.05) is 5.75 Å². The first-order chi connectivity index (χ1) is 5.04. The third kappa shape index (κ3) is 4.84. The van der Waals surface area contributed by atoms with Gasteiger partial charge in [-0.3, -0.25) is 4.79 Å². The van der Waals surface area contributed by atoms with E-state index in [1.54, 1.807) is 0 Å². The number of hydrogen-bond donors (Lipinski definition) is 4. The molecular weight excluding hydrogens is 204 g/mol. The number of aliphatic hydroxyl groups excluding tert-OH is 1. The highest BCUT2D eigenvalue weighted by molar-refractivity contribution is 8.12. The van der Waals surface area contributed by atoms with E-state index in [1.165, 1.54) is 0 Å². The minimum Gasteiger partial charge on any atom is -0.481 e. The summed E-state index contributed by atoms with van der Waals surface area (Å²) < 4.78 is -0.735. The first-order valence-corrected chi connectivity index (χ1v) is 4.90. The van der Waals surface area contributed by atoms with Gasteiger partial charge in [0.05, 0.1) is 16.4 Å². The molecule has 0 fully saturated rings. The molecule has 0 rings (SSSR count). The molecule has 0 heterocycles. The Hall–Kier alpha value is 0.480. The molecule has 0 aliphatic carbocycles. The average molecular weight is 214 g/mol. The molecule has 0 aromatic heterocycles. The van der Waals surface area contributed by atoms with Crippen molar-refractivity contribution in [3.8, 4) is 0 Å². The van der Waals surface area contributed by atoms with Crippen molar-refractivity contribution in [2.75, 3.05) is 18.1 Å². The molecule has 0 bridgehead atoms. The van der Waals surface area contributed by atoms with Crippen LogP contribution < -0.4 is 0 Å². The van der Waals surface area contributed by atoms with Crippen molar-refractivity contribution in [3.05, 3.63) is 0 Å². The van der Waals surface area contributed by atoms with Crippen LogP contribution in [0.5, 0.6) is 0 Å². The highest BCUT2D eigenvalue weighted by atomic mass is 32.2. The lowest BCUT2D eigenvalue weighted by molar-refractivity contribution is -0.133. The number of carboxylic acids is 1. The van der Waals surface area contributed by atoms with Gasteiger partial charge in [-0.1, -0.05) is 0 Å². The Morgan fingerprint density at radius 1 is 1.64 bits per heavy atom. The standard InChI is InChI=1S/C5H10O3S3/c6-2-5(10,3-9)11-1-4(7)8/h6,9-10H,1-3H2,(H,7,8). The van der Waals surface area contributed by atoms with Gasteiger partial charge < -0.3 is 10.2 Å². The molecule has 0 aliphatic rings. The zero-order valence-electron chi connectivity index (χ0n) is 5.73. The second-order valence-corrected chi connectivity index (χ2v) is 4.78. The van der Waals surface area contributed by atoms with E-state index in [2.05, 4.69) is 25.3 Å². The highest BCUT2D eigenvalue weighted by Crippen LogP contribution is 2.29. The molecule has 0 aliphatic heterocycles. The zero-order chi connectivity index (χ0) is 8.91. The first-order valence-electron chi connectivity index (χ1n) is 2.84. The SMILES string of the molecule is O=C(O)CSC(S)(CO)CS. The number of aliphatic hydroxyl groups is 1. The van der Waals surface area contributed by atoms with Crippen molar-refractivity contribution in [2.24, 2.45) is 0 Å². The summed E-state index contributed by atoms with van der Waals surface area (Å²) in [5.74, 6) is -0.640. The number of hydrogen-bond acceptors (Lipinski definition) is 5. The van der Waals surface area contributed by atoms with Crippen molar-refractivity contribution in [3.63, 3.8) is 0 Å². The smallest absolute Gasteiger partial charge is 0.313 e. The van der Waals surface area contributed by atoms with Gasteiger partial charge in [-0.15, -0.1) is 11.8 Å². The fraction of sp³-hybridized carbons (Fsp3) is 0.800. The molecule has 0 saturated heterocycles. The number of rotatable bonds is 5. The topological polar surface area (TPSA) is 57.5 Å². The number of thiol groups is 2. The third-order valence-electron chi connectivity index (χ3n) is 0.958. The fourth-order valence-corrected chi connectivity index (χ4v) is 1.48. The van der Waals surface area contributed by atoms with E-state index < -0.39 is 10.0 Å². The predicted octanol–water partition coefficient (Wildman–Crippen LogP) is 0.352. The van der Waals surface area contributed by atoms with E-state index in [0.29, 0.717) is 5.75 Å². The second-order valence-electron chi connectivity index (χ2n) is 1.94. The van der Waals surface area contributed by atoms with E-state index in [1.807, 2.05) is 0 Å². The Labute approximate surface area is 80.4 Å². The lowest BCUT2D eigenvalue weighted by Crippen LogP contribution is -2.26. The maximum atomic E-state index is 10.1. The lowest BCUT2D eigenvalue weighted by Gasteiger charge is -2.21. The van der Waals surface area contributed by atoms with Gasteiger partial charge in [0.15, 0.2) is 0 Å². The van der Waals surface area contributed by atoms with Crippen LogP contribution in [0.15, 0.2) is 0 Å². The molecule has 1 atom stereocenters. The molecule has 0 aromatic rings. The van der Waals surface area contributed by atoms with Crippen molar-refractivity contribution < 1.29 is 15.0 Å².